The average molecular weight is 167 g/mol. The van der Waals surface area contributed by atoms with E-state index < -0.39 is 0 Å². The fourth-order valence-corrected chi connectivity index (χ4v) is 2.73. The number of nitrogens with two attached hydrogens (primary N) is 1. The van der Waals surface area contributed by atoms with Crippen LogP contribution in [0.3, 0.4) is 0 Å². The third-order valence-electron chi connectivity index (χ3n) is 3.89. The molecule has 0 heterocycles. The van der Waals surface area contributed by atoms with Gasteiger partial charge in [-0.1, -0.05) is 25.7 Å². The van der Waals surface area contributed by atoms with E-state index >= 15 is 0 Å². The molecule has 1 atom stereocenters. The zero-order chi connectivity index (χ0) is 8.39. The molecule has 1 nitrogen and oxygen atoms in total. The molecule has 0 bridgehead atoms. The van der Waals surface area contributed by atoms with E-state index in [9.17, 15) is 0 Å². The third kappa shape index (κ3) is 1.66. The molecule has 0 radical (unpaired) electrons. The Labute approximate surface area is 75.7 Å². The van der Waals surface area contributed by atoms with Crippen LogP contribution in [-0.4, -0.2) is 6.04 Å². The number of hydrogen-bond donors (Lipinski definition) is 1. The Bertz CT molecular complexity index is 134. The minimum atomic E-state index is 0.555. The van der Waals surface area contributed by atoms with Crippen molar-refractivity contribution >= 4 is 0 Å². The summed E-state index contributed by atoms with van der Waals surface area (Å²) in [5.41, 5.74) is 6.25. The molecule has 0 aliphatic heterocycles. The molecule has 0 aromatic carbocycles. The zero-order valence-corrected chi connectivity index (χ0v) is 7.97. The summed E-state index contributed by atoms with van der Waals surface area (Å²) in [5.74, 6) is 1.78. The van der Waals surface area contributed by atoms with Gasteiger partial charge < -0.3 is 5.73 Å². The highest BCUT2D eigenvalue weighted by molar-refractivity contribution is 4.86. The van der Waals surface area contributed by atoms with Gasteiger partial charge in [0.25, 0.3) is 0 Å². The van der Waals surface area contributed by atoms with Crippen molar-refractivity contribution in [2.45, 2.75) is 57.4 Å². The predicted octanol–water partition coefficient (Wildman–Crippen LogP) is 2.69. The molecule has 0 unspecified atom stereocenters. The second kappa shape index (κ2) is 3.78. The maximum Gasteiger partial charge on any atom is 0.00956 e. The van der Waals surface area contributed by atoms with Gasteiger partial charge in [0.05, 0.1) is 0 Å². The molecule has 0 aromatic rings. The van der Waals surface area contributed by atoms with Gasteiger partial charge in [-0.05, 0) is 37.5 Å². The molecule has 0 amide bonds. The van der Waals surface area contributed by atoms with Crippen molar-refractivity contribution in [2.75, 3.05) is 0 Å². The normalized spacial score (nSPS) is 29.8. The molecule has 2 N–H and O–H groups in total. The average Bonchev–Trinajstić information content (AvgIpc) is 2.03. The summed E-state index contributed by atoms with van der Waals surface area (Å²) in [7, 11) is 0. The third-order valence-corrected chi connectivity index (χ3v) is 3.89. The fraction of sp³-hybridized carbons (Fsp3) is 1.00. The second-order valence-corrected chi connectivity index (χ2v) is 4.67. The summed E-state index contributed by atoms with van der Waals surface area (Å²) in [6.07, 6.45) is 11.4. The van der Waals surface area contributed by atoms with Gasteiger partial charge in [-0.25, -0.2) is 0 Å². The molecule has 2 saturated carbocycles. The summed E-state index contributed by atoms with van der Waals surface area (Å²) in [6.45, 7) is 0. The maximum atomic E-state index is 6.25. The van der Waals surface area contributed by atoms with Gasteiger partial charge in [-0.3, -0.25) is 0 Å². The maximum absolute atomic E-state index is 6.25. The van der Waals surface area contributed by atoms with E-state index in [-0.39, 0.29) is 0 Å². The molecule has 2 rings (SSSR count). The van der Waals surface area contributed by atoms with Crippen LogP contribution >= 0.6 is 0 Å². The first-order valence-corrected chi connectivity index (χ1v) is 5.63. The summed E-state index contributed by atoms with van der Waals surface area (Å²) in [6, 6.07) is 0.555. The predicted molar refractivity (Wildman–Crippen MR) is 51.9 cm³/mol. The smallest absolute Gasteiger partial charge is 0.00956 e. The number of hydrogen-bond acceptors (Lipinski definition) is 1. The molecule has 1 heteroatoms. The fourth-order valence-electron chi connectivity index (χ4n) is 2.73. The minimum Gasteiger partial charge on any atom is -0.327 e. The molecule has 2 fully saturated rings. The van der Waals surface area contributed by atoms with Gasteiger partial charge in [-0.15, -0.1) is 0 Å². The van der Waals surface area contributed by atoms with Crippen LogP contribution in [0.2, 0.25) is 0 Å². The first kappa shape index (κ1) is 8.55. The van der Waals surface area contributed by atoms with Crippen molar-refractivity contribution in [3.8, 4) is 0 Å². The molecule has 2 aliphatic rings. The van der Waals surface area contributed by atoms with Gasteiger partial charge in [-0.2, -0.15) is 0 Å². The number of rotatable bonds is 2. The Morgan fingerprint density at radius 2 is 1.25 bits per heavy atom. The second-order valence-electron chi connectivity index (χ2n) is 4.67. The SMILES string of the molecule is N[C@@H](C1CCCCC1)C1CCC1. The van der Waals surface area contributed by atoms with E-state index in [1.54, 1.807) is 0 Å². The summed E-state index contributed by atoms with van der Waals surface area (Å²) >= 11 is 0. The van der Waals surface area contributed by atoms with Crippen LogP contribution in [0.5, 0.6) is 0 Å². The van der Waals surface area contributed by atoms with E-state index in [1.807, 2.05) is 0 Å². The Morgan fingerprint density at radius 3 is 1.67 bits per heavy atom. The Morgan fingerprint density at radius 1 is 0.750 bits per heavy atom. The molecule has 2 aliphatic carbocycles. The lowest BCUT2D eigenvalue weighted by molar-refractivity contribution is 0.177. The van der Waals surface area contributed by atoms with Crippen LogP contribution in [0.4, 0.5) is 0 Å². The van der Waals surface area contributed by atoms with Crippen molar-refractivity contribution < 1.29 is 0 Å². The van der Waals surface area contributed by atoms with E-state index in [0.717, 1.165) is 11.8 Å². The first-order chi connectivity index (χ1) is 5.88. The molecular formula is C11H21N. The van der Waals surface area contributed by atoms with Crippen molar-refractivity contribution in [3.63, 3.8) is 0 Å². The van der Waals surface area contributed by atoms with Crippen molar-refractivity contribution in [2.24, 2.45) is 17.6 Å². The van der Waals surface area contributed by atoms with E-state index in [1.165, 1.54) is 51.4 Å². The van der Waals surface area contributed by atoms with Gasteiger partial charge in [0.15, 0.2) is 0 Å². The van der Waals surface area contributed by atoms with Gasteiger partial charge >= 0.3 is 0 Å². The first-order valence-electron chi connectivity index (χ1n) is 5.63. The highest BCUT2D eigenvalue weighted by Crippen LogP contribution is 2.36. The van der Waals surface area contributed by atoms with Gasteiger partial charge in [0.2, 0.25) is 0 Å². The molecular weight excluding hydrogens is 146 g/mol. The highest BCUT2D eigenvalue weighted by atomic mass is 14.7. The Balaban J connectivity index is 1.80. The van der Waals surface area contributed by atoms with Crippen molar-refractivity contribution in [1.82, 2.24) is 0 Å². The standard InChI is InChI=1S/C11H21N/c12-11(10-7-4-8-10)9-5-2-1-3-6-9/h9-11H,1-8,12H2/t11-/m0/s1. The van der Waals surface area contributed by atoms with Gasteiger partial charge in [0.1, 0.15) is 0 Å². The van der Waals surface area contributed by atoms with Crippen molar-refractivity contribution in [1.29, 1.82) is 0 Å². The Kier molecular flexibility index (Phi) is 2.69. The summed E-state index contributed by atoms with van der Waals surface area (Å²) in [4.78, 5) is 0. The van der Waals surface area contributed by atoms with Crippen LogP contribution in [-0.2, 0) is 0 Å². The topological polar surface area (TPSA) is 26.0 Å². The lowest BCUT2D eigenvalue weighted by Gasteiger charge is -2.37. The van der Waals surface area contributed by atoms with E-state index in [4.69, 9.17) is 5.73 Å². The zero-order valence-electron chi connectivity index (χ0n) is 7.97. The van der Waals surface area contributed by atoms with Gasteiger partial charge in [0, 0.05) is 6.04 Å². The van der Waals surface area contributed by atoms with Crippen LogP contribution in [0.1, 0.15) is 51.4 Å². The van der Waals surface area contributed by atoms with Crippen molar-refractivity contribution in [3.05, 3.63) is 0 Å². The van der Waals surface area contributed by atoms with Crippen LogP contribution in [0, 0.1) is 11.8 Å². The highest BCUT2D eigenvalue weighted by Gasteiger charge is 2.30. The molecule has 12 heavy (non-hydrogen) atoms. The Hall–Kier alpha value is -0.0400. The minimum absolute atomic E-state index is 0.555. The largest absolute Gasteiger partial charge is 0.327 e. The quantitative estimate of drug-likeness (QED) is 0.672. The van der Waals surface area contributed by atoms with Crippen LogP contribution in [0.25, 0.3) is 0 Å². The van der Waals surface area contributed by atoms with E-state index in [0.29, 0.717) is 6.04 Å². The molecule has 70 valence electrons. The van der Waals surface area contributed by atoms with Crippen LogP contribution in [0.15, 0.2) is 0 Å². The molecule has 0 aromatic heterocycles. The van der Waals surface area contributed by atoms with Crippen LogP contribution < -0.4 is 5.73 Å². The lowest BCUT2D eigenvalue weighted by atomic mass is 9.71. The summed E-state index contributed by atoms with van der Waals surface area (Å²) < 4.78 is 0. The molecule has 0 saturated heterocycles. The van der Waals surface area contributed by atoms with E-state index in [2.05, 4.69) is 0 Å². The summed E-state index contributed by atoms with van der Waals surface area (Å²) in [5, 5.41) is 0. The lowest BCUT2D eigenvalue weighted by Crippen LogP contribution is -2.41. The monoisotopic (exact) mass is 167 g/mol. The molecule has 0 spiro atoms.